The molecule has 2 aliphatic rings. The fourth-order valence-electron chi connectivity index (χ4n) is 4.04. The zero-order valence-corrected chi connectivity index (χ0v) is 16.4. The molecule has 1 saturated carbocycles. The van der Waals surface area contributed by atoms with Gasteiger partial charge in [-0.1, -0.05) is 18.9 Å². The maximum absolute atomic E-state index is 13.1. The number of urea groups is 1. The molecule has 27 heavy (non-hydrogen) atoms. The molecule has 0 spiro atoms. The van der Waals surface area contributed by atoms with E-state index < -0.39 is 0 Å². The van der Waals surface area contributed by atoms with Gasteiger partial charge in [0.2, 0.25) is 5.91 Å². The Labute approximate surface area is 161 Å². The maximum Gasteiger partial charge on any atom is 0.322 e. The van der Waals surface area contributed by atoms with Gasteiger partial charge in [-0.3, -0.25) is 4.79 Å². The molecule has 3 rings (SSSR count). The largest absolute Gasteiger partial charge is 0.380 e. The van der Waals surface area contributed by atoms with Crippen LogP contribution in [0, 0.1) is 19.8 Å². The first-order valence-corrected chi connectivity index (χ1v) is 10.1. The van der Waals surface area contributed by atoms with Crippen LogP contribution in [0.1, 0.15) is 43.2 Å². The zero-order valence-electron chi connectivity index (χ0n) is 16.4. The molecule has 1 aromatic carbocycles. The first-order chi connectivity index (χ1) is 13.1. The van der Waals surface area contributed by atoms with E-state index in [-0.39, 0.29) is 23.9 Å². The summed E-state index contributed by atoms with van der Waals surface area (Å²) in [5, 5.41) is 6.02. The summed E-state index contributed by atoms with van der Waals surface area (Å²) < 4.78 is 5.57. The van der Waals surface area contributed by atoms with E-state index in [9.17, 15) is 9.59 Å². The second kappa shape index (κ2) is 9.22. The maximum atomic E-state index is 13.1. The zero-order chi connectivity index (χ0) is 19.2. The number of aryl methyl sites for hydroxylation is 2. The van der Waals surface area contributed by atoms with E-state index in [0.29, 0.717) is 26.3 Å². The Morgan fingerprint density at radius 2 is 1.96 bits per heavy atom. The number of hydrogen-bond acceptors (Lipinski definition) is 3. The van der Waals surface area contributed by atoms with Gasteiger partial charge in [0.15, 0.2) is 0 Å². The first kappa shape index (κ1) is 19.7. The van der Waals surface area contributed by atoms with Crippen molar-refractivity contribution in [2.75, 3.05) is 31.6 Å². The van der Waals surface area contributed by atoms with E-state index >= 15 is 0 Å². The van der Waals surface area contributed by atoms with E-state index in [1.165, 1.54) is 5.56 Å². The molecular formula is C21H31N3O3. The summed E-state index contributed by atoms with van der Waals surface area (Å²) in [4.78, 5) is 27.6. The summed E-state index contributed by atoms with van der Waals surface area (Å²) in [6.07, 6.45) is 4.58. The summed E-state index contributed by atoms with van der Waals surface area (Å²) in [7, 11) is 0. The molecule has 2 fully saturated rings. The van der Waals surface area contributed by atoms with Crippen molar-refractivity contribution in [3.8, 4) is 0 Å². The highest BCUT2D eigenvalue weighted by Gasteiger charge is 2.37. The van der Waals surface area contributed by atoms with E-state index in [0.717, 1.165) is 43.4 Å². The van der Waals surface area contributed by atoms with Crippen molar-refractivity contribution in [3.63, 3.8) is 0 Å². The minimum Gasteiger partial charge on any atom is -0.380 e. The van der Waals surface area contributed by atoms with Gasteiger partial charge >= 0.3 is 6.03 Å². The lowest BCUT2D eigenvalue weighted by atomic mass is 9.82. The minimum absolute atomic E-state index is 0.0502. The number of hydrogen-bond donors (Lipinski definition) is 2. The van der Waals surface area contributed by atoms with Gasteiger partial charge in [0.25, 0.3) is 0 Å². The van der Waals surface area contributed by atoms with Gasteiger partial charge in [-0.15, -0.1) is 0 Å². The van der Waals surface area contributed by atoms with Gasteiger partial charge in [0, 0.05) is 31.4 Å². The standard InChI is InChI=1S/C21H31N3O3/c1-15-8-9-17(14-16(15)2)23-21(26)24-11-5-12-27-13-10-22-20(25)18-6-3-4-7-19(18)24/h8-9,14,18-19H,3-7,10-13H2,1-2H3,(H,22,25)(H,23,26)/t18-,19+/m1/s1. The van der Waals surface area contributed by atoms with Crippen LogP contribution in [0.25, 0.3) is 0 Å². The average molecular weight is 373 g/mol. The highest BCUT2D eigenvalue weighted by Crippen LogP contribution is 2.30. The molecule has 0 unspecified atom stereocenters. The molecule has 2 atom stereocenters. The molecule has 1 aromatic rings. The van der Waals surface area contributed by atoms with Crippen LogP contribution in [0.3, 0.4) is 0 Å². The van der Waals surface area contributed by atoms with Crippen LogP contribution in [0.5, 0.6) is 0 Å². The second-order valence-corrected chi connectivity index (χ2v) is 7.64. The summed E-state index contributed by atoms with van der Waals surface area (Å²) in [6.45, 7) is 6.36. The number of nitrogens with zero attached hydrogens (tertiary/aromatic N) is 1. The van der Waals surface area contributed by atoms with Crippen molar-refractivity contribution in [2.24, 2.45) is 5.92 Å². The topological polar surface area (TPSA) is 70.7 Å². The van der Waals surface area contributed by atoms with Gasteiger partial charge in [-0.25, -0.2) is 4.79 Å². The van der Waals surface area contributed by atoms with Crippen molar-refractivity contribution in [3.05, 3.63) is 29.3 Å². The van der Waals surface area contributed by atoms with E-state index in [1.54, 1.807) is 0 Å². The first-order valence-electron chi connectivity index (χ1n) is 10.1. The molecule has 3 amide bonds. The van der Waals surface area contributed by atoms with Crippen LogP contribution < -0.4 is 10.6 Å². The average Bonchev–Trinajstić information content (AvgIpc) is 2.69. The van der Waals surface area contributed by atoms with Gasteiger partial charge in [-0.05, 0) is 56.4 Å². The molecule has 0 bridgehead atoms. The number of rotatable bonds is 1. The van der Waals surface area contributed by atoms with Crippen LogP contribution in [-0.2, 0) is 9.53 Å². The number of benzene rings is 1. The summed E-state index contributed by atoms with van der Waals surface area (Å²) in [5.41, 5.74) is 3.14. The number of ether oxygens (including phenoxy) is 1. The van der Waals surface area contributed by atoms with Crippen molar-refractivity contribution in [1.29, 1.82) is 0 Å². The monoisotopic (exact) mass is 373 g/mol. The molecule has 6 heteroatoms. The molecule has 0 radical (unpaired) electrons. The smallest absolute Gasteiger partial charge is 0.322 e. The lowest BCUT2D eigenvalue weighted by molar-refractivity contribution is -0.128. The van der Waals surface area contributed by atoms with Gasteiger partial charge in [0.05, 0.1) is 12.5 Å². The van der Waals surface area contributed by atoms with E-state index in [1.807, 2.05) is 30.0 Å². The third-order valence-electron chi connectivity index (χ3n) is 5.72. The molecule has 1 aliphatic carbocycles. The summed E-state index contributed by atoms with van der Waals surface area (Å²) in [5.74, 6) is -0.0865. The molecule has 6 nitrogen and oxygen atoms in total. The molecule has 0 aromatic heterocycles. The number of carbonyl (C=O) groups is 2. The number of fused-ring (bicyclic) bond motifs is 1. The third kappa shape index (κ3) is 5.01. The van der Waals surface area contributed by atoms with Crippen molar-refractivity contribution in [1.82, 2.24) is 10.2 Å². The van der Waals surface area contributed by atoms with Crippen molar-refractivity contribution < 1.29 is 14.3 Å². The lowest BCUT2D eigenvalue weighted by Crippen LogP contribution is -2.52. The molecule has 1 heterocycles. The van der Waals surface area contributed by atoms with Crippen LogP contribution >= 0.6 is 0 Å². The molecule has 1 aliphatic heterocycles. The van der Waals surface area contributed by atoms with E-state index in [4.69, 9.17) is 4.74 Å². The molecule has 1 saturated heterocycles. The fourth-order valence-corrected chi connectivity index (χ4v) is 4.04. The quantitative estimate of drug-likeness (QED) is 0.794. The number of nitrogens with one attached hydrogen (secondary N) is 2. The fraction of sp³-hybridized carbons (Fsp3) is 0.619. The van der Waals surface area contributed by atoms with Crippen LogP contribution in [0.4, 0.5) is 10.5 Å². The Balaban J connectivity index is 1.79. The Morgan fingerprint density at radius 3 is 2.78 bits per heavy atom. The van der Waals surface area contributed by atoms with Crippen LogP contribution in [-0.4, -0.2) is 49.2 Å². The normalized spacial score (nSPS) is 24.4. The van der Waals surface area contributed by atoms with Crippen molar-refractivity contribution in [2.45, 2.75) is 52.0 Å². The Hall–Kier alpha value is -2.08. The second-order valence-electron chi connectivity index (χ2n) is 7.64. The van der Waals surface area contributed by atoms with Crippen LogP contribution in [0.15, 0.2) is 18.2 Å². The SMILES string of the molecule is Cc1ccc(NC(=O)N2CCCOCCNC(=O)[C@@H]3CCCC[C@@H]32)cc1C. The molecule has 2 N–H and O–H groups in total. The van der Waals surface area contributed by atoms with Crippen molar-refractivity contribution >= 4 is 17.6 Å². The van der Waals surface area contributed by atoms with Crippen LogP contribution in [0.2, 0.25) is 0 Å². The predicted molar refractivity (Wildman–Crippen MR) is 106 cm³/mol. The number of carbonyl (C=O) groups excluding carboxylic acids is 2. The van der Waals surface area contributed by atoms with Gasteiger partial charge in [0.1, 0.15) is 0 Å². The third-order valence-corrected chi connectivity index (χ3v) is 5.72. The summed E-state index contributed by atoms with van der Waals surface area (Å²) >= 11 is 0. The molecular weight excluding hydrogens is 342 g/mol. The lowest BCUT2D eigenvalue weighted by Gasteiger charge is -2.39. The Kier molecular flexibility index (Phi) is 6.72. The number of anilines is 1. The van der Waals surface area contributed by atoms with Gasteiger partial charge < -0.3 is 20.3 Å². The predicted octanol–water partition coefficient (Wildman–Crippen LogP) is 3.23. The summed E-state index contributed by atoms with van der Waals surface area (Å²) in [6, 6.07) is 5.77. The highest BCUT2D eigenvalue weighted by molar-refractivity contribution is 5.90. The minimum atomic E-state index is -0.137. The van der Waals surface area contributed by atoms with Gasteiger partial charge in [-0.2, -0.15) is 0 Å². The Morgan fingerprint density at radius 1 is 1.15 bits per heavy atom. The van der Waals surface area contributed by atoms with E-state index in [2.05, 4.69) is 17.6 Å². The highest BCUT2D eigenvalue weighted by atomic mass is 16.5. The Bertz CT molecular complexity index is 677. The molecule has 148 valence electrons. The number of amides is 3.